The summed E-state index contributed by atoms with van der Waals surface area (Å²) in [5, 5.41) is 6.92. The van der Waals surface area contributed by atoms with Crippen molar-refractivity contribution in [2.75, 3.05) is 7.05 Å². The zero-order chi connectivity index (χ0) is 17.1. The molecule has 0 saturated carbocycles. The highest BCUT2D eigenvalue weighted by Crippen LogP contribution is 2.34. The molecule has 3 atom stereocenters. The summed E-state index contributed by atoms with van der Waals surface area (Å²) in [5.41, 5.74) is 2.50. The summed E-state index contributed by atoms with van der Waals surface area (Å²) in [7, 11) is 1.82. The first-order valence-electron chi connectivity index (χ1n) is 8.96. The Labute approximate surface area is 171 Å². The number of guanidine groups is 1. The average molecular weight is 467 g/mol. The highest BCUT2D eigenvalue weighted by atomic mass is 127. The lowest BCUT2D eigenvalue weighted by molar-refractivity contribution is 0.0992. The second-order valence-electron chi connectivity index (χ2n) is 6.84. The van der Waals surface area contributed by atoms with Gasteiger partial charge in [0.1, 0.15) is 0 Å². The fraction of sp³-hybridized carbons (Fsp3) is 0.474. The molecular formula is C19H26IN5O. The summed E-state index contributed by atoms with van der Waals surface area (Å²) in [5.74, 6) is 0.851. The van der Waals surface area contributed by atoms with E-state index in [-0.39, 0.29) is 24.0 Å². The third kappa shape index (κ3) is 4.56. The van der Waals surface area contributed by atoms with Crippen LogP contribution < -0.4 is 10.6 Å². The van der Waals surface area contributed by atoms with Crippen LogP contribution in [0.25, 0.3) is 0 Å². The van der Waals surface area contributed by atoms with Crippen molar-refractivity contribution in [2.45, 2.75) is 50.6 Å². The van der Waals surface area contributed by atoms with Crippen molar-refractivity contribution >= 4 is 29.9 Å². The molecule has 4 rings (SSSR count). The molecule has 2 aliphatic rings. The van der Waals surface area contributed by atoms with E-state index in [0.717, 1.165) is 31.9 Å². The van der Waals surface area contributed by atoms with Gasteiger partial charge >= 0.3 is 0 Å². The molecule has 2 bridgehead atoms. The Morgan fingerprint density at radius 3 is 2.69 bits per heavy atom. The number of aromatic nitrogens is 2. The van der Waals surface area contributed by atoms with Crippen LogP contribution in [0, 0.1) is 0 Å². The zero-order valence-electron chi connectivity index (χ0n) is 15.0. The summed E-state index contributed by atoms with van der Waals surface area (Å²) < 4.78 is 7.96. The Morgan fingerprint density at radius 1 is 1.27 bits per heavy atom. The fourth-order valence-electron chi connectivity index (χ4n) is 3.70. The predicted octanol–water partition coefficient (Wildman–Crippen LogP) is 2.53. The van der Waals surface area contributed by atoms with Crippen molar-refractivity contribution in [1.29, 1.82) is 0 Å². The largest absolute Gasteiger partial charge is 0.373 e. The maximum absolute atomic E-state index is 5.90. The molecule has 2 aromatic rings. The molecule has 0 spiro atoms. The van der Waals surface area contributed by atoms with Gasteiger partial charge in [-0.3, -0.25) is 4.99 Å². The summed E-state index contributed by atoms with van der Waals surface area (Å²) >= 11 is 0. The van der Waals surface area contributed by atoms with Gasteiger partial charge in [-0.25, -0.2) is 4.98 Å². The van der Waals surface area contributed by atoms with Gasteiger partial charge in [0, 0.05) is 32.5 Å². The smallest absolute Gasteiger partial charge is 0.191 e. The first-order chi connectivity index (χ1) is 12.3. The molecule has 1 aromatic carbocycles. The molecule has 0 amide bonds. The van der Waals surface area contributed by atoms with E-state index in [1.165, 1.54) is 17.5 Å². The van der Waals surface area contributed by atoms with Gasteiger partial charge in [0.15, 0.2) is 5.96 Å². The highest BCUT2D eigenvalue weighted by molar-refractivity contribution is 14.0. The number of hydrogen-bond acceptors (Lipinski definition) is 3. The van der Waals surface area contributed by atoms with Crippen LogP contribution in [0.4, 0.5) is 0 Å². The van der Waals surface area contributed by atoms with Crippen LogP contribution in [0.5, 0.6) is 0 Å². The number of aliphatic imine (C=N–C) groups is 1. The van der Waals surface area contributed by atoms with Gasteiger partial charge in [-0.2, -0.15) is 0 Å². The Bertz CT molecular complexity index is 716. The van der Waals surface area contributed by atoms with E-state index in [2.05, 4.69) is 49.4 Å². The Balaban J connectivity index is 0.00000196. The van der Waals surface area contributed by atoms with Crippen molar-refractivity contribution in [1.82, 2.24) is 20.2 Å². The monoisotopic (exact) mass is 467 g/mol. The number of benzene rings is 1. The van der Waals surface area contributed by atoms with E-state index >= 15 is 0 Å². The number of hydrogen-bond donors (Lipinski definition) is 2. The van der Waals surface area contributed by atoms with Gasteiger partial charge in [-0.05, 0) is 30.4 Å². The van der Waals surface area contributed by atoms with Crippen molar-refractivity contribution in [3.63, 3.8) is 0 Å². The average Bonchev–Trinajstić information content (AvgIpc) is 3.38. The number of nitrogens with one attached hydrogen (secondary N) is 2. The molecule has 2 saturated heterocycles. The lowest BCUT2D eigenvalue weighted by Gasteiger charge is -2.22. The molecule has 7 heteroatoms. The maximum atomic E-state index is 5.90. The molecule has 6 nitrogen and oxygen atoms in total. The summed E-state index contributed by atoms with van der Waals surface area (Å²) in [6.45, 7) is 1.61. The van der Waals surface area contributed by atoms with Gasteiger partial charge in [-0.1, -0.05) is 24.3 Å². The van der Waals surface area contributed by atoms with Crippen LogP contribution in [0.15, 0.2) is 48.0 Å². The highest BCUT2D eigenvalue weighted by Gasteiger charge is 2.41. The SMILES string of the molecule is CN=C(NCc1ccc(Cn2ccnc2)cc1)NC1CC2CCC1O2.I. The van der Waals surface area contributed by atoms with E-state index in [1.54, 1.807) is 6.20 Å². The fourth-order valence-corrected chi connectivity index (χ4v) is 3.70. The number of ether oxygens (including phenoxy) is 1. The lowest BCUT2D eigenvalue weighted by Crippen LogP contribution is -2.47. The van der Waals surface area contributed by atoms with Crippen LogP contribution in [-0.2, 0) is 17.8 Å². The van der Waals surface area contributed by atoms with Gasteiger partial charge in [0.25, 0.3) is 0 Å². The molecule has 0 aliphatic carbocycles. The van der Waals surface area contributed by atoms with E-state index in [1.807, 2.05) is 19.6 Å². The van der Waals surface area contributed by atoms with Crippen molar-refractivity contribution < 1.29 is 4.74 Å². The number of halogens is 1. The zero-order valence-corrected chi connectivity index (χ0v) is 17.3. The number of fused-ring (bicyclic) bond motifs is 2. The first-order valence-corrected chi connectivity index (χ1v) is 8.96. The van der Waals surface area contributed by atoms with E-state index in [9.17, 15) is 0 Å². The lowest BCUT2D eigenvalue weighted by atomic mass is 9.96. The number of imidazole rings is 1. The summed E-state index contributed by atoms with van der Waals surface area (Å²) in [6.07, 6.45) is 9.88. The Morgan fingerprint density at radius 2 is 2.08 bits per heavy atom. The third-order valence-electron chi connectivity index (χ3n) is 5.06. The van der Waals surface area contributed by atoms with E-state index < -0.39 is 0 Å². The molecule has 0 radical (unpaired) electrons. The topological polar surface area (TPSA) is 63.5 Å². The summed E-state index contributed by atoms with van der Waals surface area (Å²) in [4.78, 5) is 8.42. The molecule has 2 N–H and O–H groups in total. The van der Waals surface area contributed by atoms with Crippen LogP contribution >= 0.6 is 24.0 Å². The minimum atomic E-state index is 0. The normalized spacial score (nSPS) is 24.3. The molecule has 3 heterocycles. The van der Waals surface area contributed by atoms with Gasteiger partial charge in [0.2, 0.25) is 0 Å². The molecule has 3 unspecified atom stereocenters. The van der Waals surface area contributed by atoms with Gasteiger partial charge in [-0.15, -0.1) is 24.0 Å². The first kappa shape index (κ1) is 19.2. The van der Waals surface area contributed by atoms with Crippen LogP contribution in [0.2, 0.25) is 0 Å². The van der Waals surface area contributed by atoms with Crippen molar-refractivity contribution in [3.8, 4) is 0 Å². The minimum Gasteiger partial charge on any atom is -0.373 e. The minimum absolute atomic E-state index is 0. The third-order valence-corrected chi connectivity index (χ3v) is 5.06. The van der Waals surface area contributed by atoms with Crippen LogP contribution in [0.3, 0.4) is 0 Å². The predicted molar refractivity (Wildman–Crippen MR) is 113 cm³/mol. The van der Waals surface area contributed by atoms with E-state index in [0.29, 0.717) is 18.2 Å². The van der Waals surface area contributed by atoms with Crippen LogP contribution in [-0.4, -0.2) is 40.8 Å². The van der Waals surface area contributed by atoms with Gasteiger partial charge < -0.3 is 19.9 Å². The Hall–Kier alpha value is -1.61. The standard InChI is InChI=1S/C19H25N5O.HI/c1-20-19(23-17-10-16-6-7-18(17)25-16)22-11-14-2-4-15(5-3-14)12-24-9-8-21-13-24;/h2-5,8-9,13,16-18H,6-7,10-12H2,1H3,(H2,20,22,23);1H. The van der Waals surface area contributed by atoms with Gasteiger partial charge in [0.05, 0.1) is 24.6 Å². The maximum Gasteiger partial charge on any atom is 0.191 e. The molecular weight excluding hydrogens is 441 g/mol. The molecule has 1 aromatic heterocycles. The number of rotatable bonds is 5. The molecule has 140 valence electrons. The second kappa shape index (κ2) is 8.85. The van der Waals surface area contributed by atoms with Crippen molar-refractivity contribution in [2.24, 2.45) is 4.99 Å². The quantitative estimate of drug-likeness (QED) is 0.403. The Kier molecular flexibility index (Phi) is 6.53. The molecule has 2 aliphatic heterocycles. The second-order valence-corrected chi connectivity index (χ2v) is 6.84. The van der Waals surface area contributed by atoms with Crippen LogP contribution in [0.1, 0.15) is 30.4 Å². The number of nitrogens with zero attached hydrogens (tertiary/aromatic N) is 3. The summed E-state index contributed by atoms with van der Waals surface area (Å²) in [6, 6.07) is 9.04. The molecule has 26 heavy (non-hydrogen) atoms. The molecule has 2 fully saturated rings. The van der Waals surface area contributed by atoms with E-state index in [4.69, 9.17) is 4.74 Å². The van der Waals surface area contributed by atoms with Crippen molar-refractivity contribution in [3.05, 3.63) is 54.1 Å².